The summed E-state index contributed by atoms with van der Waals surface area (Å²) in [5.41, 5.74) is 4.02. The van der Waals surface area contributed by atoms with Crippen LogP contribution in [0.25, 0.3) is 33.4 Å². The van der Waals surface area contributed by atoms with Crippen LogP contribution in [-0.4, -0.2) is 58.2 Å². The van der Waals surface area contributed by atoms with E-state index in [1.807, 2.05) is 54.6 Å². The quantitative estimate of drug-likeness (QED) is 0.117. The number of benzene rings is 5. The molecular weight excluding hydrogens is 721 g/mol. The monoisotopic (exact) mass is 754 g/mol. The number of ether oxygens (including phenoxy) is 3. The van der Waals surface area contributed by atoms with Crippen LogP contribution in [0.2, 0.25) is 0 Å². The zero-order chi connectivity index (χ0) is 37.0. The maximum absolute atomic E-state index is 12.6. The van der Waals surface area contributed by atoms with Gasteiger partial charge < -0.3 is 26.8 Å². The molecule has 51 heavy (non-hydrogen) atoms. The van der Waals surface area contributed by atoms with E-state index >= 15 is 0 Å². The van der Waals surface area contributed by atoms with Gasteiger partial charge in [0.05, 0.1) is 38.6 Å². The predicted molar refractivity (Wildman–Crippen MR) is 193 cm³/mol. The highest BCUT2D eigenvalue weighted by molar-refractivity contribution is 7.86. The lowest BCUT2D eigenvalue weighted by Crippen LogP contribution is -2.10. The Morgan fingerprint density at radius 1 is 0.490 bits per heavy atom. The third kappa shape index (κ3) is 9.72. The van der Waals surface area contributed by atoms with Crippen LogP contribution >= 0.6 is 0 Å². The first kappa shape index (κ1) is 37.0. The lowest BCUT2D eigenvalue weighted by Gasteiger charge is -2.21. The molecule has 0 aromatic heterocycles. The highest BCUT2D eigenvalue weighted by Gasteiger charge is 2.27. The molecule has 15 heteroatoms. The zero-order valence-electron chi connectivity index (χ0n) is 28.1. The first-order valence-corrected chi connectivity index (χ1v) is 20.5. The van der Waals surface area contributed by atoms with E-state index in [0.717, 1.165) is 35.5 Å². The second-order valence-corrected chi connectivity index (χ2v) is 16.0. The van der Waals surface area contributed by atoms with Crippen molar-refractivity contribution in [2.45, 2.75) is 6.61 Å². The first-order chi connectivity index (χ1) is 24.0. The van der Waals surface area contributed by atoms with Crippen molar-refractivity contribution in [3.63, 3.8) is 0 Å². The molecule has 0 unspecified atom stereocenters. The molecule has 0 fully saturated rings. The number of methoxy groups -OCH3 is 2. The summed E-state index contributed by atoms with van der Waals surface area (Å²) >= 11 is 0. The van der Waals surface area contributed by atoms with E-state index in [1.54, 1.807) is 24.3 Å². The molecule has 0 radical (unpaired) electrons. The SMILES string of the molecule is COc1cc(-c2ccc(OS(C)(=O)=O)cc2)c(OC)c(OS(C)(=O)=O)c1-c1ccc(OCc2ccc(-c3ccccc3)cc2)c(OS(C)(=O)=O)c1. The molecule has 0 amide bonds. The minimum atomic E-state index is -4.17. The minimum Gasteiger partial charge on any atom is -0.496 e. The van der Waals surface area contributed by atoms with Gasteiger partial charge in [0.25, 0.3) is 0 Å². The van der Waals surface area contributed by atoms with E-state index in [0.29, 0.717) is 11.1 Å². The molecular formula is C36H34O12S3. The molecule has 0 aliphatic heterocycles. The van der Waals surface area contributed by atoms with Gasteiger partial charge in [0, 0.05) is 5.56 Å². The average molecular weight is 755 g/mol. The highest BCUT2D eigenvalue weighted by atomic mass is 32.2. The molecule has 5 rings (SSSR count). The van der Waals surface area contributed by atoms with Gasteiger partial charge in [-0.05, 0) is 58.1 Å². The number of hydrogen-bond acceptors (Lipinski definition) is 12. The molecule has 12 nitrogen and oxygen atoms in total. The van der Waals surface area contributed by atoms with Gasteiger partial charge in [-0.15, -0.1) is 0 Å². The van der Waals surface area contributed by atoms with Gasteiger partial charge in [-0.3, -0.25) is 0 Å². The molecule has 0 atom stereocenters. The fourth-order valence-corrected chi connectivity index (χ4v) is 6.54. The summed E-state index contributed by atoms with van der Waals surface area (Å²) in [5, 5.41) is 0. The Morgan fingerprint density at radius 2 is 1.06 bits per heavy atom. The summed E-state index contributed by atoms with van der Waals surface area (Å²) in [7, 11) is -9.33. The van der Waals surface area contributed by atoms with Gasteiger partial charge >= 0.3 is 30.4 Å². The maximum Gasteiger partial charge on any atom is 0.306 e. The molecule has 0 N–H and O–H groups in total. The van der Waals surface area contributed by atoms with Crippen molar-refractivity contribution in [2.24, 2.45) is 0 Å². The molecule has 5 aromatic carbocycles. The molecule has 5 aromatic rings. The fraction of sp³-hybridized carbons (Fsp3) is 0.167. The van der Waals surface area contributed by atoms with E-state index in [9.17, 15) is 25.3 Å². The van der Waals surface area contributed by atoms with Crippen LogP contribution < -0.4 is 26.8 Å². The van der Waals surface area contributed by atoms with Gasteiger partial charge in [-0.1, -0.05) is 72.8 Å². The molecule has 0 aliphatic carbocycles. The summed E-state index contributed by atoms with van der Waals surface area (Å²) in [6, 6.07) is 29.4. The molecule has 0 aliphatic rings. The topological polar surface area (TPSA) is 158 Å². The standard InChI is InChI=1S/C36H34O12S3/c1-43-33-22-30(27-15-18-29(19-16-27)46-49(3,37)38)35(44-2)36(48-51(5,41)42)34(33)28-17-20-31(32(21-28)47-50(4,39)40)45-23-24-11-13-26(14-12-24)25-9-7-6-8-10-25/h6-22H,23H2,1-5H3. The molecule has 0 heterocycles. The number of rotatable bonds is 14. The normalized spacial score (nSPS) is 11.8. The van der Waals surface area contributed by atoms with Crippen molar-refractivity contribution in [3.05, 3.63) is 109 Å². The van der Waals surface area contributed by atoms with Crippen LogP contribution in [0.15, 0.2) is 103 Å². The van der Waals surface area contributed by atoms with E-state index < -0.39 is 30.4 Å². The second-order valence-electron chi connectivity index (χ2n) is 11.3. The Bertz CT molecular complexity index is 2360. The molecule has 268 valence electrons. The summed E-state index contributed by atoms with van der Waals surface area (Å²) < 4.78 is 106. The van der Waals surface area contributed by atoms with Crippen LogP contribution in [0.4, 0.5) is 0 Å². The Labute approximate surface area is 297 Å². The third-order valence-electron chi connectivity index (χ3n) is 7.20. The molecule has 0 spiro atoms. The highest BCUT2D eigenvalue weighted by Crippen LogP contribution is 2.52. The Morgan fingerprint density at radius 3 is 1.63 bits per heavy atom. The van der Waals surface area contributed by atoms with E-state index in [-0.39, 0.29) is 52.2 Å². The Kier molecular flexibility index (Phi) is 10.8. The van der Waals surface area contributed by atoms with Gasteiger partial charge in [0.2, 0.25) is 0 Å². The summed E-state index contributed by atoms with van der Waals surface area (Å²) in [5.74, 6) is -0.172. The number of hydrogen-bond donors (Lipinski definition) is 0. The van der Waals surface area contributed by atoms with Crippen LogP contribution in [0.5, 0.6) is 34.5 Å². The maximum atomic E-state index is 12.6. The molecule has 0 bridgehead atoms. The summed E-state index contributed by atoms with van der Waals surface area (Å²) in [6.45, 7) is 0.0802. The van der Waals surface area contributed by atoms with E-state index in [2.05, 4.69) is 0 Å². The Balaban J connectivity index is 1.58. The Hall–Kier alpha value is -5.25. The lowest BCUT2D eigenvalue weighted by molar-refractivity contribution is 0.296. The van der Waals surface area contributed by atoms with Gasteiger partial charge in [0.1, 0.15) is 18.1 Å². The van der Waals surface area contributed by atoms with Gasteiger partial charge in [-0.25, -0.2) is 0 Å². The first-order valence-electron chi connectivity index (χ1n) is 15.0. The van der Waals surface area contributed by atoms with E-state index in [4.69, 9.17) is 26.8 Å². The average Bonchev–Trinajstić information content (AvgIpc) is 3.06. The lowest BCUT2D eigenvalue weighted by atomic mass is 9.96. The van der Waals surface area contributed by atoms with Crippen molar-refractivity contribution >= 4 is 30.4 Å². The largest absolute Gasteiger partial charge is 0.496 e. The van der Waals surface area contributed by atoms with Crippen molar-refractivity contribution in [1.82, 2.24) is 0 Å². The van der Waals surface area contributed by atoms with Crippen molar-refractivity contribution in [2.75, 3.05) is 33.0 Å². The predicted octanol–water partition coefficient (Wildman–Crippen LogP) is 6.30. The van der Waals surface area contributed by atoms with Crippen LogP contribution in [0.3, 0.4) is 0 Å². The third-order valence-corrected chi connectivity index (χ3v) is 8.65. The summed E-state index contributed by atoms with van der Waals surface area (Å²) in [6.07, 6.45) is 2.65. The smallest absolute Gasteiger partial charge is 0.306 e. The van der Waals surface area contributed by atoms with Gasteiger partial charge in [-0.2, -0.15) is 25.3 Å². The fourth-order valence-electron chi connectivity index (χ4n) is 5.16. The van der Waals surface area contributed by atoms with Crippen molar-refractivity contribution < 1.29 is 52.0 Å². The van der Waals surface area contributed by atoms with Crippen LogP contribution in [0.1, 0.15) is 5.56 Å². The minimum absolute atomic E-state index is 0.0159. The van der Waals surface area contributed by atoms with Crippen LogP contribution in [0, 0.1) is 0 Å². The zero-order valence-corrected chi connectivity index (χ0v) is 30.6. The van der Waals surface area contributed by atoms with Crippen LogP contribution in [-0.2, 0) is 37.0 Å². The van der Waals surface area contributed by atoms with Gasteiger partial charge in [0.15, 0.2) is 23.0 Å². The van der Waals surface area contributed by atoms with E-state index in [1.165, 1.54) is 38.5 Å². The molecule has 0 saturated carbocycles. The second kappa shape index (κ2) is 14.9. The van der Waals surface area contributed by atoms with Crippen molar-refractivity contribution in [1.29, 1.82) is 0 Å². The summed E-state index contributed by atoms with van der Waals surface area (Å²) in [4.78, 5) is 0. The molecule has 0 saturated heterocycles. The van der Waals surface area contributed by atoms with Crippen molar-refractivity contribution in [3.8, 4) is 67.9 Å².